The van der Waals surface area contributed by atoms with Crippen LogP contribution in [0.25, 0.3) is 0 Å². The predicted octanol–water partition coefficient (Wildman–Crippen LogP) is 1.38. The van der Waals surface area contributed by atoms with Gasteiger partial charge in [0.1, 0.15) is 5.82 Å². The monoisotopic (exact) mass is 221 g/mol. The molecule has 0 amide bonds. The maximum atomic E-state index is 5.35. The first-order valence-electron chi connectivity index (χ1n) is 4.43. The Labute approximate surface area is 91.5 Å². The summed E-state index contributed by atoms with van der Waals surface area (Å²) in [4.78, 5) is 11.3. The summed E-state index contributed by atoms with van der Waals surface area (Å²) in [6, 6.07) is 3.87. The highest BCUT2D eigenvalue weighted by atomic mass is 32.2. The van der Waals surface area contributed by atoms with Crippen molar-refractivity contribution in [2.45, 2.75) is 10.9 Å². The lowest BCUT2D eigenvalue weighted by molar-refractivity contribution is 1.06. The molecule has 2 rings (SSSR count). The number of thioether (sulfide) groups is 1. The average Bonchev–Trinajstić information content (AvgIpc) is 2.79. The lowest BCUT2D eigenvalue weighted by Crippen LogP contribution is -2.10. The van der Waals surface area contributed by atoms with Crippen LogP contribution in [0.15, 0.2) is 35.9 Å². The molecular weight excluding hydrogens is 210 g/mol. The van der Waals surface area contributed by atoms with Crippen molar-refractivity contribution < 1.29 is 0 Å². The fourth-order valence-corrected chi connectivity index (χ4v) is 1.97. The van der Waals surface area contributed by atoms with Crippen LogP contribution in [0.3, 0.4) is 0 Å². The van der Waals surface area contributed by atoms with Gasteiger partial charge in [-0.3, -0.25) is 0 Å². The smallest absolute Gasteiger partial charge is 0.165 e. The normalized spacial score (nSPS) is 10.2. The van der Waals surface area contributed by atoms with Crippen LogP contribution in [-0.2, 0) is 5.75 Å². The standard InChI is InChI=1S/C9H11N5S/c10-14-8-7(2-1-3-11-8)6-15-9-12-4-5-13-9/h1-5H,6,10H2,(H,11,14)(H,12,13). The van der Waals surface area contributed by atoms with Crippen molar-refractivity contribution in [2.75, 3.05) is 5.43 Å². The molecule has 78 valence electrons. The van der Waals surface area contributed by atoms with Gasteiger partial charge in [0.15, 0.2) is 5.16 Å². The van der Waals surface area contributed by atoms with E-state index in [1.54, 1.807) is 30.4 Å². The number of imidazole rings is 1. The summed E-state index contributed by atoms with van der Waals surface area (Å²) in [7, 11) is 0. The average molecular weight is 221 g/mol. The number of hydrogen-bond donors (Lipinski definition) is 3. The summed E-state index contributed by atoms with van der Waals surface area (Å²) in [5.41, 5.74) is 3.63. The van der Waals surface area contributed by atoms with Crippen LogP contribution in [0, 0.1) is 0 Å². The zero-order valence-corrected chi connectivity index (χ0v) is 8.79. The minimum absolute atomic E-state index is 0.705. The largest absolute Gasteiger partial charge is 0.340 e. The number of nitrogens with one attached hydrogen (secondary N) is 2. The van der Waals surface area contributed by atoms with E-state index in [2.05, 4.69) is 20.4 Å². The number of anilines is 1. The minimum Gasteiger partial charge on any atom is -0.340 e. The van der Waals surface area contributed by atoms with Crippen LogP contribution in [-0.4, -0.2) is 15.0 Å². The molecule has 2 aromatic rings. The third kappa shape index (κ3) is 2.48. The summed E-state index contributed by atoms with van der Waals surface area (Å²) in [5.74, 6) is 6.84. The van der Waals surface area contributed by atoms with Crippen molar-refractivity contribution in [1.29, 1.82) is 0 Å². The SMILES string of the molecule is NNc1ncccc1CSc1ncc[nH]1. The lowest BCUT2D eigenvalue weighted by atomic mass is 10.3. The Morgan fingerprint density at radius 2 is 2.33 bits per heavy atom. The van der Waals surface area contributed by atoms with E-state index in [9.17, 15) is 0 Å². The maximum Gasteiger partial charge on any atom is 0.165 e. The van der Waals surface area contributed by atoms with Crippen LogP contribution in [0.5, 0.6) is 0 Å². The van der Waals surface area contributed by atoms with Gasteiger partial charge >= 0.3 is 0 Å². The Balaban J connectivity index is 2.04. The van der Waals surface area contributed by atoms with E-state index in [4.69, 9.17) is 5.84 Å². The number of nitrogen functional groups attached to an aromatic ring is 1. The second kappa shape index (κ2) is 4.81. The van der Waals surface area contributed by atoms with E-state index >= 15 is 0 Å². The van der Waals surface area contributed by atoms with Crippen molar-refractivity contribution in [3.05, 3.63) is 36.3 Å². The molecule has 0 bridgehead atoms. The molecule has 0 aliphatic heterocycles. The lowest BCUT2D eigenvalue weighted by Gasteiger charge is -2.05. The molecular formula is C9H11N5S. The second-order valence-corrected chi connectivity index (χ2v) is 3.80. The van der Waals surface area contributed by atoms with Gasteiger partial charge in [0.2, 0.25) is 0 Å². The molecule has 0 fully saturated rings. The molecule has 2 heterocycles. The van der Waals surface area contributed by atoms with Crippen molar-refractivity contribution in [3.63, 3.8) is 0 Å². The molecule has 6 heteroatoms. The van der Waals surface area contributed by atoms with Crippen molar-refractivity contribution in [2.24, 2.45) is 5.84 Å². The van der Waals surface area contributed by atoms with Crippen LogP contribution < -0.4 is 11.3 Å². The Hall–Kier alpha value is -1.53. The van der Waals surface area contributed by atoms with Crippen molar-refractivity contribution in [1.82, 2.24) is 15.0 Å². The van der Waals surface area contributed by atoms with Gasteiger partial charge in [-0.2, -0.15) is 0 Å². The molecule has 0 saturated heterocycles. The Morgan fingerprint density at radius 1 is 1.40 bits per heavy atom. The zero-order chi connectivity index (χ0) is 10.5. The second-order valence-electron chi connectivity index (χ2n) is 2.84. The predicted molar refractivity (Wildman–Crippen MR) is 60.2 cm³/mol. The van der Waals surface area contributed by atoms with E-state index in [-0.39, 0.29) is 0 Å². The molecule has 0 spiro atoms. The summed E-state index contributed by atoms with van der Waals surface area (Å²) in [6.07, 6.45) is 5.23. The fraction of sp³-hybridized carbons (Fsp3) is 0.111. The Bertz CT molecular complexity index is 414. The van der Waals surface area contributed by atoms with Gasteiger partial charge in [-0.1, -0.05) is 17.8 Å². The quantitative estimate of drug-likeness (QED) is 0.413. The number of rotatable bonds is 4. The number of nitrogens with zero attached hydrogens (tertiary/aromatic N) is 2. The number of hydrazine groups is 1. The van der Waals surface area contributed by atoms with Gasteiger partial charge in [0.25, 0.3) is 0 Å². The number of aromatic nitrogens is 3. The van der Waals surface area contributed by atoms with Crippen molar-refractivity contribution >= 4 is 17.6 Å². The zero-order valence-electron chi connectivity index (χ0n) is 7.97. The maximum absolute atomic E-state index is 5.35. The third-order valence-electron chi connectivity index (χ3n) is 1.87. The fourth-order valence-electron chi connectivity index (χ4n) is 1.16. The molecule has 15 heavy (non-hydrogen) atoms. The molecule has 4 N–H and O–H groups in total. The molecule has 0 aliphatic rings. The van der Waals surface area contributed by atoms with Crippen LogP contribution in [0.4, 0.5) is 5.82 Å². The Kier molecular flexibility index (Phi) is 3.21. The highest BCUT2D eigenvalue weighted by Crippen LogP contribution is 2.22. The van der Waals surface area contributed by atoms with Crippen LogP contribution in [0.1, 0.15) is 5.56 Å². The summed E-state index contributed by atoms with van der Waals surface area (Å²) < 4.78 is 0. The van der Waals surface area contributed by atoms with E-state index in [0.29, 0.717) is 5.82 Å². The van der Waals surface area contributed by atoms with Gasteiger partial charge in [-0.15, -0.1) is 0 Å². The van der Waals surface area contributed by atoms with Gasteiger partial charge in [0.05, 0.1) is 0 Å². The Morgan fingerprint density at radius 3 is 3.07 bits per heavy atom. The summed E-state index contributed by atoms with van der Waals surface area (Å²) in [5, 5.41) is 0.891. The van der Waals surface area contributed by atoms with Crippen molar-refractivity contribution in [3.8, 4) is 0 Å². The first kappa shape index (κ1) is 10.0. The molecule has 0 radical (unpaired) electrons. The number of aromatic amines is 1. The third-order valence-corrected chi connectivity index (χ3v) is 2.82. The first-order valence-corrected chi connectivity index (χ1v) is 5.41. The van der Waals surface area contributed by atoms with E-state index < -0.39 is 0 Å². The van der Waals surface area contributed by atoms with Gasteiger partial charge < -0.3 is 10.4 Å². The van der Waals surface area contributed by atoms with E-state index in [0.717, 1.165) is 16.5 Å². The summed E-state index contributed by atoms with van der Waals surface area (Å²) in [6.45, 7) is 0. The topological polar surface area (TPSA) is 79.6 Å². The van der Waals surface area contributed by atoms with E-state index in [1.807, 2.05) is 12.1 Å². The molecule has 2 aromatic heterocycles. The highest BCUT2D eigenvalue weighted by molar-refractivity contribution is 7.98. The van der Waals surface area contributed by atoms with Gasteiger partial charge in [-0.25, -0.2) is 15.8 Å². The highest BCUT2D eigenvalue weighted by Gasteiger charge is 2.03. The van der Waals surface area contributed by atoms with Crippen LogP contribution >= 0.6 is 11.8 Å². The first-order chi connectivity index (χ1) is 7.40. The number of hydrogen-bond acceptors (Lipinski definition) is 5. The number of H-pyrrole nitrogens is 1. The number of pyridine rings is 1. The van der Waals surface area contributed by atoms with Crippen LogP contribution in [0.2, 0.25) is 0 Å². The molecule has 0 atom stereocenters. The number of nitrogens with two attached hydrogens (primary N) is 1. The minimum atomic E-state index is 0.705. The summed E-state index contributed by atoms with van der Waals surface area (Å²) >= 11 is 1.61. The molecule has 0 aromatic carbocycles. The molecule has 0 saturated carbocycles. The van der Waals surface area contributed by atoms with E-state index in [1.165, 1.54) is 0 Å². The molecule has 5 nitrogen and oxygen atoms in total. The molecule has 0 unspecified atom stereocenters. The van der Waals surface area contributed by atoms with Gasteiger partial charge in [-0.05, 0) is 6.07 Å². The van der Waals surface area contributed by atoms with Gasteiger partial charge in [0, 0.05) is 29.9 Å². The molecule has 0 aliphatic carbocycles.